The molecule has 0 spiro atoms. The van der Waals surface area contributed by atoms with Crippen LogP contribution in [0.3, 0.4) is 0 Å². The maximum absolute atomic E-state index is 12.0. The van der Waals surface area contributed by atoms with Crippen molar-refractivity contribution in [3.8, 4) is 11.8 Å². The van der Waals surface area contributed by atoms with Crippen LogP contribution in [0.15, 0.2) is 54.6 Å². The summed E-state index contributed by atoms with van der Waals surface area (Å²) in [4.78, 5) is 13.5. The summed E-state index contributed by atoms with van der Waals surface area (Å²) in [5.74, 6) is 0.430. The van der Waals surface area contributed by atoms with E-state index in [9.17, 15) is 4.79 Å². The number of rotatable bonds is 4. The zero-order valence-corrected chi connectivity index (χ0v) is 11.1. The molecule has 20 heavy (non-hydrogen) atoms. The van der Waals surface area contributed by atoms with Crippen LogP contribution in [0.2, 0.25) is 0 Å². The second-order valence-corrected chi connectivity index (χ2v) is 4.21. The maximum atomic E-state index is 12.0. The first-order valence-electron chi connectivity index (χ1n) is 6.15. The summed E-state index contributed by atoms with van der Waals surface area (Å²) in [5.41, 5.74) is 1.38. The molecule has 2 aromatic carbocycles. The summed E-state index contributed by atoms with van der Waals surface area (Å²) < 4.78 is 5.41. The van der Waals surface area contributed by atoms with Crippen molar-refractivity contribution in [2.24, 2.45) is 0 Å². The largest absolute Gasteiger partial charge is 0.484 e. The van der Waals surface area contributed by atoms with Crippen molar-refractivity contribution in [1.29, 1.82) is 5.26 Å². The lowest BCUT2D eigenvalue weighted by molar-refractivity contribution is -0.120. The van der Waals surface area contributed by atoms with Crippen LogP contribution >= 0.6 is 0 Å². The molecule has 0 fully saturated rings. The van der Waals surface area contributed by atoms with Crippen molar-refractivity contribution in [2.75, 3.05) is 18.6 Å². The summed E-state index contributed by atoms with van der Waals surface area (Å²) in [6.07, 6.45) is 0. The monoisotopic (exact) mass is 266 g/mol. The lowest BCUT2D eigenvalue weighted by Crippen LogP contribution is -2.31. The zero-order chi connectivity index (χ0) is 14.4. The van der Waals surface area contributed by atoms with Gasteiger partial charge in [0, 0.05) is 12.7 Å². The molecule has 0 saturated heterocycles. The van der Waals surface area contributed by atoms with E-state index in [4.69, 9.17) is 10.00 Å². The standard InChI is InChI=1S/C16H14N2O2/c1-18(14-5-3-2-4-6-14)16(19)12-20-15-9-7-13(11-17)8-10-15/h2-10H,12H2,1H3. The SMILES string of the molecule is CN(C(=O)COc1ccc(C#N)cc1)c1ccccc1. The fourth-order valence-corrected chi connectivity index (χ4v) is 1.66. The minimum absolute atomic E-state index is 0.0444. The first-order chi connectivity index (χ1) is 9.70. The average molecular weight is 266 g/mol. The molecule has 2 rings (SSSR count). The predicted octanol–water partition coefficient (Wildman–Crippen LogP) is 2.60. The number of ether oxygens (including phenoxy) is 1. The first-order valence-corrected chi connectivity index (χ1v) is 6.15. The highest BCUT2D eigenvalue weighted by Gasteiger charge is 2.11. The topological polar surface area (TPSA) is 53.3 Å². The fourth-order valence-electron chi connectivity index (χ4n) is 1.66. The molecule has 0 unspecified atom stereocenters. The molecule has 1 amide bonds. The van der Waals surface area contributed by atoms with Gasteiger partial charge in [-0.05, 0) is 36.4 Å². The average Bonchev–Trinajstić information content (AvgIpc) is 2.53. The molecule has 0 atom stereocenters. The second kappa shape index (κ2) is 6.39. The van der Waals surface area contributed by atoms with Crippen LogP contribution < -0.4 is 9.64 Å². The molecular weight excluding hydrogens is 252 g/mol. The molecule has 0 aliphatic rings. The summed E-state index contributed by atoms with van der Waals surface area (Å²) in [5, 5.41) is 8.69. The Morgan fingerprint density at radius 3 is 2.40 bits per heavy atom. The van der Waals surface area contributed by atoms with Crippen LogP contribution in [-0.4, -0.2) is 19.6 Å². The van der Waals surface area contributed by atoms with Crippen LogP contribution in [0.25, 0.3) is 0 Å². The van der Waals surface area contributed by atoms with E-state index in [0.717, 1.165) is 5.69 Å². The maximum Gasteiger partial charge on any atom is 0.264 e. The molecule has 0 aromatic heterocycles. The Morgan fingerprint density at radius 1 is 1.15 bits per heavy atom. The molecule has 4 heteroatoms. The van der Waals surface area contributed by atoms with E-state index >= 15 is 0 Å². The van der Waals surface area contributed by atoms with E-state index in [1.165, 1.54) is 0 Å². The Labute approximate surface area is 117 Å². The zero-order valence-electron chi connectivity index (χ0n) is 11.1. The molecular formula is C16H14N2O2. The highest BCUT2D eigenvalue weighted by molar-refractivity contribution is 5.93. The minimum Gasteiger partial charge on any atom is -0.484 e. The number of para-hydroxylation sites is 1. The molecule has 0 aliphatic heterocycles. The van der Waals surface area contributed by atoms with Crippen LogP contribution in [-0.2, 0) is 4.79 Å². The van der Waals surface area contributed by atoms with Gasteiger partial charge in [0.05, 0.1) is 11.6 Å². The Morgan fingerprint density at radius 2 is 1.80 bits per heavy atom. The van der Waals surface area contributed by atoms with E-state index in [-0.39, 0.29) is 12.5 Å². The number of nitrogens with zero attached hydrogens (tertiary/aromatic N) is 2. The van der Waals surface area contributed by atoms with Crippen LogP contribution in [0.4, 0.5) is 5.69 Å². The third-order valence-corrected chi connectivity index (χ3v) is 2.86. The van der Waals surface area contributed by atoms with Crippen molar-refractivity contribution < 1.29 is 9.53 Å². The highest BCUT2D eigenvalue weighted by atomic mass is 16.5. The quantitative estimate of drug-likeness (QED) is 0.854. The smallest absolute Gasteiger partial charge is 0.264 e. The first kappa shape index (κ1) is 13.6. The fraction of sp³-hybridized carbons (Fsp3) is 0.125. The van der Waals surface area contributed by atoms with Gasteiger partial charge in [-0.25, -0.2) is 0 Å². The number of likely N-dealkylation sites (N-methyl/N-ethyl adjacent to an activating group) is 1. The summed E-state index contributed by atoms with van der Waals surface area (Å²) in [6.45, 7) is -0.0444. The number of anilines is 1. The minimum atomic E-state index is -0.138. The van der Waals surface area contributed by atoms with Gasteiger partial charge in [-0.3, -0.25) is 4.79 Å². The van der Waals surface area contributed by atoms with Gasteiger partial charge in [-0.2, -0.15) is 5.26 Å². The van der Waals surface area contributed by atoms with Gasteiger partial charge in [0.15, 0.2) is 6.61 Å². The second-order valence-electron chi connectivity index (χ2n) is 4.21. The van der Waals surface area contributed by atoms with Crippen LogP contribution in [0.1, 0.15) is 5.56 Å². The summed E-state index contributed by atoms with van der Waals surface area (Å²) in [6, 6.07) is 18.1. The number of hydrogen-bond acceptors (Lipinski definition) is 3. The molecule has 0 radical (unpaired) electrons. The number of carbonyl (C=O) groups excluding carboxylic acids is 1. The molecule has 0 saturated carbocycles. The molecule has 4 nitrogen and oxygen atoms in total. The lowest BCUT2D eigenvalue weighted by atomic mass is 10.2. The van der Waals surface area contributed by atoms with Gasteiger partial charge >= 0.3 is 0 Å². The number of carbonyl (C=O) groups is 1. The van der Waals surface area contributed by atoms with Gasteiger partial charge in [-0.1, -0.05) is 18.2 Å². The molecule has 0 aliphatic carbocycles. The van der Waals surface area contributed by atoms with Crippen molar-refractivity contribution in [3.05, 3.63) is 60.2 Å². The summed E-state index contributed by atoms with van der Waals surface area (Å²) >= 11 is 0. The number of nitriles is 1. The van der Waals surface area contributed by atoms with E-state index in [1.54, 1.807) is 36.2 Å². The lowest BCUT2D eigenvalue weighted by Gasteiger charge is -2.17. The van der Waals surface area contributed by atoms with E-state index < -0.39 is 0 Å². The van der Waals surface area contributed by atoms with Gasteiger partial charge in [-0.15, -0.1) is 0 Å². The third-order valence-electron chi connectivity index (χ3n) is 2.86. The number of hydrogen-bond donors (Lipinski definition) is 0. The van der Waals surface area contributed by atoms with Crippen LogP contribution in [0.5, 0.6) is 5.75 Å². The van der Waals surface area contributed by atoms with Crippen molar-refractivity contribution in [2.45, 2.75) is 0 Å². The van der Waals surface area contributed by atoms with Gasteiger partial charge in [0.1, 0.15) is 5.75 Å². The normalized spacial score (nSPS) is 9.60. The predicted molar refractivity (Wildman–Crippen MR) is 76.5 cm³/mol. The summed E-state index contributed by atoms with van der Waals surface area (Å²) in [7, 11) is 1.71. The Hall–Kier alpha value is -2.80. The van der Waals surface area contributed by atoms with Crippen molar-refractivity contribution >= 4 is 11.6 Å². The van der Waals surface area contributed by atoms with Crippen LogP contribution in [0, 0.1) is 11.3 Å². The third kappa shape index (κ3) is 3.36. The molecule has 0 N–H and O–H groups in total. The van der Waals surface area contributed by atoms with Gasteiger partial charge in [0.25, 0.3) is 5.91 Å². The number of amides is 1. The van der Waals surface area contributed by atoms with E-state index in [1.807, 2.05) is 36.4 Å². The molecule has 2 aromatic rings. The van der Waals surface area contributed by atoms with E-state index in [0.29, 0.717) is 11.3 Å². The Kier molecular flexibility index (Phi) is 4.35. The number of benzene rings is 2. The molecule has 100 valence electrons. The van der Waals surface area contributed by atoms with Gasteiger partial charge < -0.3 is 9.64 Å². The van der Waals surface area contributed by atoms with E-state index in [2.05, 4.69) is 0 Å². The van der Waals surface area contributed by atoms with Crippen molar-refractivity contribution in [1.82, 2.24) is 0 Å². The Bertz CT molecular complexity index is 615. The molecule has 0 heterocycles. The molecule has 0 bridgehead atoms. The van der Waals surface area contributed by atoms with Gasteiger partial charge in [0.2, 0.25) is 0 Å². The van der Waals surface area contributed by atoms with Crippen molar-refractivity contribution in [3.63, 3.8) is 0 Å². The Balaban J connectivity index is 1.93. The highest BCUT2D eigenvalue weighted by Crippen LogP contribution is 2.14.